The van der Waals surface area contributed by atoms with Gasteiger partial charge in [-0.1, -0.05) is 17.7 Å². The van der Waals surface area contributed by atoms with Crippen molar-refractivity contribution in [2.45, 2.75) is 6.92 Å². The number of amidine groups is 1. The second kappa shape index (κ2) is 6.47. The first kappa shape index (κ1) is 13.8. The van der Waals surface area contributed by atoms with E-state index in [2.05, 4.69) is 0 Å². The summed E-state index contributed by atoms with van der Waals surface area (Å²) in [6.45, 7) is 4.02. The molecule has 0 aliphatic rings. The van der Waals surface area contributed by atoms with Gasteiger partial charge in [-0.2, -0.15) is 0 Å². The van der Waals surface area contributed by atoms with Crippen LogP contribution >= 0.6 is 11.6 Å². The number of ether oxygens (including phenoxy) is 1. The van der Waals surface area contributed by atoms with Crippen molar-refractivity contribution in [3.63, 3.8) is 0 Å². The van der Waals surface area contributed by atoms with Crippen molar-refractivity contribution in [1.82, 2.24) is 0 Å². The molecule has 0 fully saturated rings. The Balaban J connectivity index is 2.89. The van der Waals surface area contributed by atoms with E-state index in [9.17, 15) is 0 Å². The first-order valence-electron chi connectivity index (χ1n) is 5.49. The summed E-state index contributed by atoms with van der Waals surface area (Å²) in [4.78, 5) is 1.98. The van der Waals surface area contributed by atoms with E-state index in [1.54, 1.807) is 6.07 Å². The number of hydrogen-bond donors (Lipinski definition) is 2. The number of nitrogens with zero attached hydrogens (tertiary/aromatic N) is 1. The van der Waals surface area contributed by atoms with Crippen LogP contribution in [0.4, 0.5) is 5.69 Å². The van der Waals surface area contributed by atoms with Gasteiger partial charge in [-0.05, 0) is 19.1 Å². The molecule has 94 valence electrons. The minimum absolute atomic E-state index is 0.0196. The highest BCUT2D eigenvalue weighted by atomic mass is 35.5. The summed E-state index contributed by atoms with van der Waals surface area (Å²) in [7, 11) is 1.93. The van der Waals surface area contributed by atoms with Gasteiger partial charge in [0, 0.05) is 25.9 Å². The maximum atomic E-state index is 7.56. The molecule has 1 aromatic carbocycles. The smallest absolute Gasteiger partial charge is 0.126 e. The molecule has 0 spiro atoms. The number of nitrogens with one attached hydrogen (secondary N) is 1. The number of rotatable bonds is 6. The summed E-state index contributed by atoms with van der Waals surface area (Å²) in [5.74, 6) is -0.0196. The number of benzene rings is 1. The van der Waals surface area contributed by atoms with Crippen LogP contribution in [0.25, 0.3) is 0 Å². The van der Waals surface area contributed by atoms with E-state index >= 15 is 0 Å². The summed E-state index contributed by atoms with van der Waals surface area (Å²) in [6.07, 6.45) is 0. The van der Waals surface area contributed by atoms with Crippen LogP contribution in [0.1, 0.15) is 12.5 Å². The number of nitrogens with two attached hydrogens (primary N) is 1. The molecular weight excluding hydrogens is 238 g/mol. The molecule has 0 unspecified atom stereocenters. The molecule has 0 saturated carbocycles. The number of hydrogen-bond acceptors (Lipinski definition) is 3. The second-order valence-electron chi connectivity index (χ2n) is 3.67. The third kappa shape index (κ3) is 3.61. The lowest BCUT2D eigenvalue weighted by molar-refractivity contribution is 0.154. The number of anilines is 1. The molecule has 1 rings (SSSR count). The fraction of sp³-hybridized carbons (Fsp3) is 0.417. The van der Waals surface area contributed by atoms with Crippen LogP contribution in [0.2, 0.25) is 5.02 Å². The molecule has 4 nitrogen and oxygen atoms in total. The summed E-state index contributed by atoms with van der Waals surface area (Å²) >= 11 is 6.05. The standard InChI is InChI=1S/C12H18ClN3O/c1-3-17-8-7-16(2)10-6-4-5-9(13)11(10)12(14)15/h4-6H,3,7-8H2,1-2H3,(H3,14,15). The van der Waals surface area contributed by atoms with Gasteiger partial charge in [0.1, 0.15) is 5.84 Å². The van der Waals surface area contributed by atoms with Gasteiger partial charge in [0.2, 0.25) is 0 Å². The summed E-state index contributed by atoms with van der Waals surface area (Å²) < 4.78 is 5.30. The molecule has 0 bridgehead atoms. The Morgan fingerprint density at radius 2 is 2.24 bits per heavy atom. The van der Waals surface area contributed by atoms with Crippen molar-refractivity contribution in [2.24, 2.45) is 5.73 Å². The number of halogens is 1. The zero-order valence-electron chi connectivity index (χ0n) is 10.2. The largest absolute Gasteiger partial charge is 0.384 e. The Labute approximate surface area is 107 Å². The fourth-order valence-corrected chi connectivity index (χ4v) is 1.84. The van der Waals surface area contributed by atoms with Crippen molar-refractivity contribution in [1.29, 1.82) is 5.41 Å². The summed E-state index contributed by atoms with van der Waals surface area (Å²) in [5, 5.41) is 8.06. The molecule has 0 aliphatic carbocycles. The predicted molar refractivity (Wildman–Crippen MR) is 72.2 cm³/mol. The molecular formula is C12H18ClN3O. The Hall–Kier alpha value is -1.26. The predicted octanol–water partition coefficient (Wildman–Crippen LogP) is 2.10. The molecule has 0 aromatic heterocycles. The van der Waals surface area contributed by atoms with Crippen LogP contribution in [0.15, 0.2) is 18.2 Å². The molecule has 3 N–H and O–H groups in total. The van der Waals surface area contributed by atoms with Gasteiger partial charge < -0.3 is 15.4 Å². The van der Waals surface area contributed by atoms with E-state index in [0.717, 1.165) is 12.2 Å². The highest BCUT2D eigenvalue weighted by Gasteiger charge is 2.12. The van der Waals surface area contributed by atoms with Crippen LogP contribution in [-0.2, 0) is 4.74 Å². The third-order valence-electron chi connectivity index (χ3n) is 2.45. The van der Waals surface area contributed by atoms with Crippen LogP contribution in [0, 0.1) is 5.41 Å². The van der Waals surface area contributed by atoms with E-state index < -0.39 is 0 Å². The number of nitrogen functional groups attached to an aromatic ring is 1. The Kier molecular flexibility index (Phi) is 5.25. The SMILES string of the molecule is CCOCCN(C)c1cccc(Cl)c1C(=N)N. The van der Waals surface area contributed by atoms with Crippen molar-refractivity contribution >= 4 is 23.1 Å². The fourth-order valence-electron chi connectivity index (χ4n) is 1.56. The molecule has 0 heterocycles. The van der Waals surface area contributed by atoms with Gasteiger partial charge >= 0.3 is 0 Å². The minimum atomic E-state index is -0.0196. The van der Waals surface area contributed by atoms with Gasteiger partial charge in [-0.15, -0.1) is 0 Å². The van der Waals surface area contributed by atoms with Crippen LogP contribution in [0.3, 0.4) is 0 Å². The van der Waals surface area contributed by atoms with E-state index in [4.69, 9.17) is 27.5 Å². The monoisotopic (exact) mass is 255 g/mol. The molecule has 0 radical (unpaired) electrons. The van der Waals surface area contributed by atoms with Crippen LogP contribution < -0.4 is 10.6 Å². The zero-order valence-corrected chi connectivity index (χ0v) is 10.9. The van der Waals surface area contributed by atoms with E-state index in [-0.39, 0.29) is 5.84 Å². The first-order chi connectivity index (χ1) is 8.07. The van der Waals surface area contributed by atoms with Crippen LogP contribution in [0.5, 0.6) is 0 Å². The lowest BCUT2D eigenvalue weighted by atomic mass is 10.1. The lowest BCUT2D eigenvalue weighted by Crippen LogP contribution is -2.26. The normalized spacial score (nSPS) is 10.3. The van der Waals surface area contributed by atoms with Crippen molar-refractivity contribution < 1.29 is 4.74 Å². The third-order valence-corrected chi connectivity index (χ3v) is 2.76. The molecule has 0 atom stereocenters. The quantitative estimate of drug-likeness (QED) is 0.465. The summed E-state index contributed by atoms with van der Waals surface area (Å²) in [6, 6.07) is 5.48. The molecule has 0 amide bonds. The van der Waals surface area contributed by atoms with E-state index in [1.807, 2.05) is 31.0 Å². The van der Waals surface area contributed by atoms with Gasteiger partial charge in [-0.25, -0.2) is 0 Å². The Morgan fingerprint density at radius 3 is 2.82 bits per heavy atom. The molecule has 1 aromatic rings. The Bertz CT molecular complexity index is 395. The van der Waals surface area contributed by atoms with Gasteiger partial charge in [-0.3, -0.25) is 5.41 Å². The van der Waals surface area contributed by atoms with Crippen molar-refractivity contribution in [3.8, 4) is 0 Å². The van der Waals surface area contributed by atoms with Gasteiger partial charge in [0.05, 0.1) is 17.2 Å². The lowest BCUT2D eigenvalue weighted by Gasteiger charge is -2.22. The average Bonchev–Trinajstić information content (AvgIpc) is 2.28. The first-order valence-corrected chi connectivity index (χ1v) is 5.87. The molecule has 0 aliphatic heterocycles. The van der Waals surface area contributed by atoms with Gasteiger partial charge in [0.15, 0.2) is 0 Å². The van der Waals surface area contributed by atoms with Crippen molar-refractivity contribution in [3.05, 3.63) is 28.8 Å². The average molecular weight is 256 g/mol. The highest BCUT2D eigenvalue weighted by molar-refractivity contribution is 6.34. The maximum absolute atomic E-state index is 7.56. The second-order valence-corrected chi connectivity index (χ2v) is 4.07. The zero-order chi connectivity index (χ0) is 12.8. The minimum Gasteiger partial charge on any atom is -0.384 e. The van der Waals surface area contributed by atoms with E-state index in [0.29, 0.717) is 23.8 Å². The molecule has 5 heteroatoms. The van der Waals surface area contributed by atoms with Crippen molar-refractivity contribution in [2.75, 3.05) is 31.7 Å². The Morgan fingerprint density at radius 1 is 1.53 bits per heavy atom. The molecule has 17 heavy (non-hydrogen) atoms. The number of likely N-dealkylation sites (N-methyl/N-ethyl adjacent to an activating group) is 1. The van der Waals surface area contributed by atoms with E-state index in [1.165, 1.54) is 0 Å². The van der Waals surface area contributed by atoms with Crippen LogP contribution in [-0.4, -0.2) is 32.6 Å². The topological polar surface area (TPSA) is 62.3 Å². The van der Waals surface area contributed by atoms with Gasteiger partial charge in [0.25, 0.3) is 0 Å². The maximum Gasteiger partial charge on any atom is 0.126 e. The molecule has 0 saturated heterocycles. The summed E-state index contributed by atoms with van der Waals surface area (Å²) in [5.41, 5.74) is 6.98. The highest BCUT2D eigenvalue weighted by Crippen LogP contribution is 2.26.